The maximum atomic E-state index is 10.7. The van der Waals surface area contributed by atoms with Crippen molar-refractivity contribution in [1.82, 2.24) is 0 Å². The van der Waals surface area contributed by atoms with Crippen LogP contribution >= 0.6 is 15.9 Å². The van der Waals surface area contributed by atoms with E-state index in [-0.39, 0.29) is 17.7 Å². The Bertz CT molecular complexity index is 503. The highest BCUT2D eigenvalue weighted by Crippen LogP contribution is 2.22. The average Bonchev–Trinajstić information content (AvgIpc) is 2.19. The smallest absolute Gasteiger partial charge is 0.286 e. The van der Waals surface area contributed by atoms with Crippen LogP contribution in [0, 0.1) is 22.0 Å². The summed E-state index contributed by atoms with van der Waals surface area (Å²) in [7, 11) is 0. The minimum absolute atomic E-state index is 0.105. The number of benzene rings is 1. The van der Waals surface area contributed by atoms with E-state index in [9.17, 15) is 14.9 Å². The third-order valence-corrected chi connectivity index (χ3v) is 2.14. The number of carbonyl (C=O) groups excluding carboxylic acids is 1. The highest BCUT2D eigenvalue weighted by atomic mass is 79.9. The Hall–Kier alpha value is -1.87. The summed E-state index contributed by atoms with van der Waals surface area (Å²) in [5.41, 5.74) is 5.05. The van der Waals surface area contributed by atoms with Crippen molar-refractivity contribution in [3.05, 3.63) is 38.3 Å². The molecule has 5 nitrogen and oxygen atoms in total. The summed E-state index contributed by atoms with van der Waals surface area (Å²) in [6.07, 6.45) is -0.118. The SMILES string of the molecule is NC(=O)CC#Cc1ccc(Br)cc1[N+](=O)[O-]. The van der Waals surface area contributed by atoms with Gasteiger partial charge < -0.3 is 5.73 Å². The van der Waals surface area contributed by atoms with Crippen molar-refractivity contribution in [1.29, 1.82) is 0 Å². The third kappa shape index (κ3) is 3.37. The number of nitrogens with zero attached hydrogens (tertiary/aromatic N) is 1. The average molecular weight is 283 g/mol. The van der Waals surface area contributed by atoms with Crippen LogP contribution in [0.25, 0.3) is 0 Å². The first-order chi connectivity index (χ1) is 7.50. The maximum absolute atomic E-state index is 10.7. The van der Waals surface area contributed by atoms with Crippen LogP contribution in [0.15, 0.2) is 22.7 Å². The predicted octanol–water partition coefficient (Wildman–Crippen LogP) is 1.58. The molecule has 1 aromatic carbocycles. The minimum Gasteiger partial charge on any atom is -0.369 e. The molecule has 0 saturated heterocycles. The maximum Gasteiger partial charge on any atom is 0.286 e. The topological polar surface area (TPSA) is 86.2 Å². The summed E-state index contributed by atoms with van der Waals surface area (Å²) < 4.78 is 0.597. The molecule has 0 radical (unpaired) electrons. The summed E-state index contributed by atoms with van der Waals surface area (Å²) in [6, 6.07) is 4.51. The van der Waals surface area contributed by atoms with Crippen LogP contribution in [0.3, 0.4) is 0 Å². The van der Waals surface area contributed by atoms with E-state index in [0.717, 1.165) is 0 Å². The fourth-order valence-electron chi connectivity index (χ4n) is 0.988. The zero-order chi connectivity index (χ0) is 12.1. The standard InChI is InChI=1S/C10H7BrN2O3/c11-8-5-4-7(2-1-3-10(12)14)9(6-8)13(15)16/h4-6H,3H2,(H2,12,14). The first kappa shape index (κ1) is 12.2. The molecule has 1 aromatic rings. The molecule has 0 saturated carbocycles. The summed E-state index contributed by atoms with van der Waals surface area (Å²) >= 11 is 3.13. The van der Waals surface area contributed by atoms with Crippen LogP contribution in [0.5, 0.6) is 0 Å². The molecule has 1 rings (SSSR count). The lowest BCUT2D eigenvalue weighted by atomic mass is 10.2. The first-order valence-corrected chi connectivity index (χ1v) is 5.01. The number of nitro benzene ring substituents is 1. The second-order valence-electron chi connectivity index (χ2n) is 2.86. The molecule has 0 bridgehead atoms. The van der Waals surface area contributed by atoms with Crippen LogP contribution in [0.2, 0.25) is 0 Å². The van der Waals surface area contributed by atoms with E-state index in [4.69, 9.17) is 5.73 Å². The van der Waals surface area contributed by atoms with Crippen molar-refractivity contribution >= 4 is 27.5 Å². The Balaban J connectivity index is 3.07. The lowest BCUT2D eigenvalue weighted by Gasteiger charge is -1.95. The largest absolute Gasteiger partial charge is 0.369 e. The monoisotopic (exact) mass is 282 g/mol. The predicted molar refractivity (Wildman–Crippen MR) is 61.5 cm³/mol. The molecule has 0 aromatic heterocycles. The number of hydrogen-bond acceptors (Lipinski definition) is 3. The van der Waals surface area contributed by atoms with E-state index >= 15 is 0 Å². The van der Waals surface area contributed by atoms with Crippen molar-refractivity contribution in [3.8, 4) is 11.8 Å². The molecule has 0 aliphatic rings. The summed E-state index contributed by atoms with van der Waals surface area (Å²) in [6.45, 7) is 0. The number of halogens is 1. The van der Waals surface area contributed by atoms with Crippen LogP contribution in [-0.2, 0) is 4.79 Å². The van der Waals surface area contributed by atoms with E-state index < -0.39 is 10.8 Å². The molecule has 0 atom stereocenters. The van der Waals surface area contributed by atoms with Gasteiger partial charge in [-0.1, -0.05) is 27.8 Å². The van der Waals surface area contributed by atoms with Crippen LogP contribution in [0.4, 0.5) is 5.69 Å². The fourth-order valence-corrected chi connectivity index (χ4v) is 1.34. The molecule has 1 amide bonds. The van der Waals surface area contributed by atoms with Gasteiger partial charge in [0.1, 0.15) is 5.56 Å². The quantitative estimate of drug-likeness (QED) is 0.508. The Labute approximate surface area is 99.9 Å². The van der Waals surface area contributed by atoms with Gasteiger partial charge in [0.15, 0.2) is 0 Å². The molecule has 0 unspecified atom stereocenters. The zero-order valence-electron chi connectivity index (χ0n) is 8.07. The third-order valence-electron chi connectivity index (χ3n) is 1.64. The summed E-state index contributed by atoms with van der Waals surface area (Å²) in [4.78, 5) is 20.6. The lowest BCUT2D eigenvalue weighted by Crippen LogP contribution is -2.08. The van der Waals surface area contributed by atoms with Gasteiger partial charge in [0, 0.05) is 10.5 Å². The van der Waals surface area contributed by atoms with Crippen molar-refractivity contribution in [2.75, 3.05) is 0 Å². The number of carbonyl (C=O) groups is 1. The highest BCUT2D eigenvalue weighted by Gasteiger charge is 2.11. The molecular formula is C10H7BrN2O3. The summed E-state index contributed by atoms with van der Waals surface area (Å²) in [5, 5.41) is 10.7. The molecule has 6 heteroatoms. The molecule has 16 heavy (non-hydrogen) atoms. The Morgan fingerprint density at radius 3 is 2.81 bits per heavy atom. The van der Waals surface area contributed by atoms with Crippen molar-refractivity contribution in [2.45, 2.75) is 6.42 Å². The normalized spacial score (nSPS) is 9.06. The highest BCUT2D eigenvalue weighted by molar-refractivity contribution is 9.10. The zero-order valence-corrected chi connectivity index (χ0v) is 9.65. The molecule has 2 N–H and O–H groups in total. The van der Waals surface area contributed by atoms with Crippen LogP contribution in [0.1, 0.15) is 12.0 Å². The number of primary amides is 1. The molecular weight excluding hydrogens is 276 g/mol. The Morgan fingerprint density at radius 1 is 1.56 bits per heavy atom. The van der Waals surface area contributed by atoms with Gasteiger partial charge in [-0.2, -0.15) is 0 Å². The van der Waals surface area contributed by atoms with Crippen molar-refractivity contribution in [3.63, 3.8) is 0 Å². The number of hydrogen-bond donors (Lipinski definition) is 1. The lowest BCUT2D eigenvalue weighted by molar-refractivity contribution is -0.385. The molecule has 0 spiro atoms. The van der Waals surface area contributed by atoms with Gasteiger partial charge in [-0.15, -0.1) is 0 Å². The van der Waals surface area contributed by atoms with Gasteiger partial charge in [-0.3, -0.25) is 14.9 Å². The van der Waals surface area contributed by atoms with Crippen molar-refractivity contribution in [2.24, 2.45) is 5.73 Å². The number of nitro groups is 1. The van der Waals surface area contributed by atoms with E-state index in [1.807, 2.05) is 0 Å². The molecule has 82 valence electrons. The number of amides is 1. The Morgan fingerprint density at radius 2 is 2.25 bits per heavy atom. The molecule has 0 fully saturated rings. The Kier molecular flexibility index (Phi) is 4.03. The van der Waals surface area contributed by atoms with E-state index in [0.29, 0.717) is 4.47 Å². The molecule has 0 heterocycles. The number of rotatable bonds is 2. The van der Waals surface area contributed by atoms with Crippen molar-refractivity contribution < 1.29 is 9.72 Å². The van der Waals surface area contributed by atoms with Gasteiger partial charge in [0.05, 0.1) is 11.3 Å². The fraction of sp³-hybridized carbons (Fsp3) is 0.100. The van der Waals surface area contributed by atoms with Gasteiger partial charge >= 0.3 is 0 Å². The van der Waals surface area contributed by atoms with E-state index in [2.05, 4.69) is 27.8 Å². The van der Waals surface area contributed by atoms with Gasteiger partial charge in [0.2, 0.25) is 5.91 Å². The molecule has 0 aliphatic heterocycles. The van der Waals surface area contributed by atoms with E-state index in [1.54, 1.807) is 6.07 Å². The van der Waals surface area contributed by atoms with E-state index in [1.165, 1.54) is 12.1 Å². The van der Waals surface area contributed by atoms with Gasteiger partial charge in [0.25, 0.3) is 5.69 Å². The summed E-state index contributed by atoms with van der Waals surface area (Å²) in [5.74, 6) is 4.45. The number of nitrogens with two attached hydrogens (primary N) is 1. The van der Waals surface area contributed by atoms with Crippen LogP contribution in [-0.4, -0.2) is 10.8 Å². The second-order valence-corrected chi connectivity index (χ2v) is 3.78. The minimum atomic E-state index is -0.563. The van der Waals surface area contributed by atoms with Gasteiger partial charge in [-0.05, 0) is 12.1 Å². The second kappa shape index (κ2) is 5.28. The molecule has 0 aliphatic carbocycles. The van der Waals surface area contributed by atoms with Crippen LogP contribution < -0.4 is 5.73 Å². The van der Waals surface area contributed by atoms with Gasteiger partial charge in [-0.25, -0.2) is 0 Å². The first-order valence-electron chi connectivity index (χ1n) is 4.22.